The van der Waals surface area contributed by atoms with Gasteiger partial charge in [0.05, 0.1) is 11.6 Å². The van der Waals surface area contributed by atoms with Crippen LogP contribution in [0.1, 0.15) is 17.2 Å². The third-order valence-corrected chi connectivity index (χ3v) is 4.49. The van der Waals surface area contributed by atoms with E-state index in [4.69, 9.17) is 0 Å². The number of fused-ring (bicyclic) bond motifs is 1. The predicted octanol–water partition coefficient (Wildman–Crippen LogP) is 4.29. The van der Waals surface area contributed by atoms with Crippen LogP contribution in [0.4, 0.5) is 4.39 Å². The fourth-order valence-corrected chi connectivity index (χ4v) is 3.38. The molecule has 0 bridgehead atoms. The second-order valence-corrected chi connectivity index (χ2v) is 5.97. The summed E-state index contributed by atoms with van der Waals surface area (Å²) < 4.78 is 14.2. The highest BCUT2D eigenvalue weighted by atomic mass is 127. The van der Waals surface area contributed by atoms with Crippen LogP contribution in [0.25, 0.3) is 10.9 Å². The molecule has 0 radical (unpaired) electrons. The van der Waals surface area contributed by atoms with Gasteiger partial charge in [0.2, 0.25) is 0 Å². The molecule has 0 saturated heterocycles. The number of aromatic nitrogens is 1. The Labute approximate surface area is 136 Å². The summed E-state index contributed by atoms with van der Waals surface area (Å²) >= 11 is 2.18. The van der Waals surface area contributed by atoms with E-state index in [1.165, 1.54) is 6.07 Å². The van der Waals surface area contributed by atoms with Gasteiger partial charge >= 0.3 is 0 Å². The lowest BCUT2D eigenvalue weighted by Gasteiger charge is -2.20. The minimum absolute atomic E-state index is 0.00500. The van der Waals surface area contributed by atoms with E-state index in [9.17, 15) is 4.39 Å². The Morgan fingerprint density at radius 1 is 1.10 bits per heavy atom. The van der Waals surface area contributed by atoms with E-state index < -0.39 is 0 Å². The summed E-state index contributed by atoms with van der Waals surface area (Å²) in [4.78, 5) is 4.40. The van der Waals surface area contributed by atoms with Gasteiger partial charge in [0, 0.05) is 15.2 Å². The quantitative estimate of drug-likeness (QED) is 0.673. The van der Waals surface area contributed by atoms with E-state index in [1.807, 2.05) is 31.3 Å². The van der Waals surface area contributed by atoms with E-state index in [-0.39, 0.29) is 11.9 Å². The average molecular weight is 392 g/mol. The molecule has 1 N–H and O–H groups in total. The molecule has 3 rings (SSSR count). The maximum Gasteiger partial charge on any atom is 0.124 e. The van der Waals surface area contributed by atoms with Crippen molar-refractivity contribution in [1.82, 2.24) is 10.3 Å². The van der Waals surface area contributed by atoms with Gasteiger partial charge in [0.25, 0.3) is 0 Å². The second-order valence-electron chi connectivity index (χ2n) is 4.80. The lowest BCUT2D eigenvalue weighted by Crippen LogP contribution is -2.19. The van der Waals surface area contributed by atoms with Crippen molar-refractivity contribution in [2.24, 2.45) is 0 Å². The van der Waals surface area contributed by atoms with Gasteiger partial charge in [-0.1, -0.05) is 24.3 Å². The van der Waals surface area contributed by atoms with Gasteiger partial charge in [-0.15, -0.1) is 0 Å². The molecular formula is C17H14FIN2. The number of rotatable bonds is 3. The third-order valence-electron chi connectivity index (χ3n) is 3.55. The summed E-state index contributed by atoms with van der Waals surface area (Å²) in [5.74, 6) is -0.211. The van der Waals surface area contributed by atoms with Crippen LogP contribution in [-0.2, 0) is 0 Å². The normalized spacial score (nSPS) is 12.5. The molecule has 0 aliphatic carbocycles. The molecule has 1 unspecified atom stereocenters. The highest BCUT2D eigenvalue weighted by molar-refractivity contribution is 14.1. The predicted molar refractivity (Wildman–Crippen MR) is 91.8 cm³/mol. The average Bonchev–Trinajstić information content (AvgIpc) is 2.50. The van der Waals surface area contributed by atoms with Gasteiger partial charge < -0.3 is 5.32 Å². The molecule has 106 valence electrons. The fourth-order valence-electron chi connectivity index (χ4n) is 2.59. The van der Waals surface area contributed by atoms with E-state index >= 15 is 0 Å². The molecule has 1 aromatic heterocycles. The number of benzene rings is 2. The summed E-state index contributed by atoms with van der Waals surface area (Å²) in [6.45, 7) is 0. The molecule has 0 aliphatic rings. The van der Waals surface area contributed by atoms with Gasteiger partial charge in [-0.05, 0) is 65.0 Å². The number of nitrogens with one attached hydrogen (secondary N) is 1. The Morgan fingerprint density at radius 2 is 1.95 bits per heavy atom. The first-order valence-corrected chi connectivity index (χ1v) is 7.74. The van der Waals surface area contributed by atoms with E-state index in [1.54, 1.807) is 12.3 Å². The van der Waals surface area contributed by atoms with Gasteiger partial charge in [-0.25, -0.2) is 4.39 Å². The van der Waals surface area contributed by atoms with Crippen molar-refractivity contribution in [2.75, 3.05) is 7.05 Å². The Kier molecular flexibility index (Phi) is 4.17. The van der Waals surface area contributed by atoms with Crippen LogP contribution in [0.5, 0.6) is 0 Å². The molecule has 1 heterocycles. The number of halogens is 2. The van der Waals surface area contributed by atoms with E-state index in [2.05, 4.69) is 45.0 Å². The van der Waals surface area contributed by atoms with Crippen LogP contribution in [0.2, 0.25) is 0 Å². The van der Waals surface area contributed by atoms with Crippen molar-refractivity contribution in [2.45, 2.75) is 6.04 Å². The molecule has 0 aliphatic heterocycles. The zero-order valence-electron chi connectivity index (χ0n) is 11.5. The Morgan fingerprint density at radius 3 is 2.71 bits per heavy atom. The first kappa shape index (κ1) is 14.4. The summed E-state index contributed by atoms with van der Waals surface area (Å²) in [6.07, 6.45) is 1.79. The molecule has 2 nitrogen and oxygen atoms in total. The maximum absolute atomic E-state index is 13.3. The van der Waals surface area contributed by atoms with Crippen molar-refractivity contribution in [3.63, 3.8) is 0 Å². The molecule has 0 fully saturated rings. The number of hydrogen-bond donors (Lipinski definition) is 1. The molecule has 3 aromatic rings. The van der Waals surface area contributed by atoms with Crippen molar-refractivity contribution in [3.05, 3.63) is 75.2 Å². The number of nitrogens with zero attached hydrogens (tertiary/aromatic N) is 1. The molecule has 0 saturated carbocycles. The van der Waals surface area contributed by atoms with Crippen LogP contribution in [-0.4, -0.2) is 12.0 Å². The maximum atomic E-state index is 13.3. The lowest BCUT2D eigenvalue weighted by molar-refractivity contribution is 0.622. The van der Waals surface area contributed by atoms with Crippen LogP contribution >= 0.6 is 22.6 Å². The molecule has 0 amide bonds. The fraction of sp³-hybridized carbons (Fsp3) is 0.118. The van der Waals surface area contributed by atoms with E-state index in [0.717, 1.165) is 25.6 Å². The van der Waals surface area contributed by atoms with E-state index in [0.29, 0.717) is 0 Å². The molecule has 4 heteroatoms. The van der Waals surface area contributed by atoms with Crippen molar-refractivity contribution in [3.8, 4) is 0 Å². The van der Waals surface area contributed by atoms with Crippen LogP contribution in [0.3, 0.4) is 0 Å². The Hall–Kier alpha value is -1.53. The minimum Gasteiger partial charge on any atom is -0.309 e. The van der Waals surface area contributed by atoms with Crippen molar-refractivity contribution in [1.29, 1.82) is 0 Å². The Balaban J connectivity index is 2.18. The lowest BCUT2D eigenvalue weighted by atomic mass is 9.95. The third kappa shape index (κ3) is 2.78. The van der Waals surface area contributed by atoms with Gasteiger partial charge in [-0.2, -0.15) is 0 Å². The van der Waals surface area contributed by atoms with Crippen LogP contribution in [0, 0.1) is 9.39 Å². The summed E-state index contributed by atoms with van der Waals surface area (Å²) in [7, 11) is 1.92. The summed E-state index contributed by atoms with van der Waals surface area (Å²) in [6, 6.07) is 15.0. The molecule has 2 aromatic carbocycles. The molecule has 21 heavy (non-hydrogen) atoms. The van der Waals surface area contributed by atoms with Crippen LogP contribution in [0.15, 0.2) is 54.7 Å². The summed E-state index contributed by atoms with van der Waals surface area (Å²) in [5, 5.41) is 4.44. The second kappa shape index (κ2) is 6.07. The minimum atomic E-state index is -0.211. The monoisotopic (exact) mass is 392 g/mol. The number of hydrogen-bond acceptors (Lipinski definition) is 2. The van der Waals surface area contributed by atoms with Gasteiger partial charge in [0.15, 0.2) is 0 Å². The molecule has 1 atom stereocenters. The van der Waals surface area contributed by atoms with Crippen molar-refractivity contribution >= 4 is 33.5 Å². The topological polar surface area (TPSA) is 24.9 Å². The zero-order valence-corrected chi connectivity index (χ0v) is 13.6. The highest BCUT2D eigenvalue weighted by Crippen LogP contribution is 2.30. The van der Waals surface area contributed by atoms with Gasteiger partial charge in [0.1, 0.15) is 5.82 Å². The smallest absolute Gasteiger partial charge is 0.124 e. The highest BCUT2D eigenvalue weighted by Gasteiger charge is 2.17. The Bertz CT molecular complexity index is 783. The zero-order chi connectivity index (χ0) is 14.8. The first-order chi connectivity index (χ1) is 10.2. The first-order valence-electron chi connectivity index (χ1n) is 6.66. The SMILES string of the molecule is CNC(c1ccc(F)cc1I)c1cccc2ncccc12. The molecule has 0 spiro atoms. The van der Waals surface area contributed by atoms with Crippen LogP contribution < -0.4 is 5.32 Å². The van der Waals surface area contributed by atoms with Gasteiger partial charge in [-0.3, -0.25) is 4.98 Å². The largest absolute Gasteiger partial charge is 0.309 e. The molecular weight excluding hydrogens is 378 g/mol. The van der Waals surface area contributed by atoms with Crippen molar-refractivity contribution < 1.29 is 4.39 Å². The number of pyridine rings is 1. The standard InChI is InChI=1S/C17H14FIN2/c1-20-17(14-8-7-11(18)10-15(14)19)13-4-2-6-16-12(13)5-3-9-21-16/h2-10,17,20H,1H3. The summed E-state index contributed by atoms with van der Waals surface area (Å²) in [5.41, 5.74) is 3.18.